The Kier molecular flexibility index (Phi) is 51.6. The van der Waals surface area contributed by atoms with E-state index >= 15 is 0 Å². The van der Waals surface area contributed by atoms with Crippen molar-refractivity contribution in [3.8, 4) is 0 Å². The molecule has 0 aromatic heterocycles. The predicted molar refractivity (Wildman–Crippen MR) is 323 cm³/mol. The number of rotatable bonds is 53. The van der Waals surface area contributed by atoms with Crippen LogP contribution in [0.15, 0.2) is 109 Å². The van der Waals surface area contributed by atoms with Crippen molar-refractivity contribution in [2.24, 2.45) is 0 Å². The molecule has 0 radical (unpaired) electrons. The van der Waals surface area contributed by atoms with Gasteiger partial charge in [0.2, 0.25) is 5.91 Å². The molecule has 3 unspecified atom stereocenters. The lowest BCUT2D eigenvalue weighted by Crippen LogP contribution is -2.47. The highest BCUT2D eigenvalue weighted by Crippen LogP contribution is 2.43. The zero-order valence-corrected chi connectivity index (χ0v) is 49.9. The van der Waals surface area contributed by atoms with Gasteiger partial charge in [-0.25, -0.2) is 4.57 Å². The van der Waals surface area contributed by atoms with Gasteiger partial charge in [0.05, 0.1) is 33.8 Å². The molecule has 75 heavy (non-hydrogen) atoms. The number of carbonyl (C=O) groups is 2. The highest BCUT2D eigenvalue weighted by molar-refractivity contribution is 7.47. The van der Waals surface area contributed by atoms with Gasteiger partial charge in [-0.05, 0) is 83.1 Å². The predicted octanol–water partition coefficient (Wildman–Crippen LogP) is 18.6. The van der Waals surface area contributed by atoms with E-state index < -0.39 is 20.0 Å². The van der Waals surface area contributed by atoms with Crippen LogP contribution in [0, 0.1) is 0 Å². The number of esters is 1. The summed E-state index contributed by atoms with van der Waals surface area (Å²) in [5.41, 5.74) is 0. The van der Waals surface area contributed by atoms with Gasteiger partial charge in [-0.1, -0.05) is 252 Å². The molecular weight excluding hydrogens is 952 g/mol. The molecule has 0 spiro atoms. The first-order chi connectivity index (χ1) is 36.4. The van der Waals surface area contributed by atoms with Crippen molar-refractivity contribution in [1.82, 2.24) is 5.32 Å². The van der Waals surface area contributed by atoms with Crippen LogP contribution in [0.3, 0.4) is 0 Å². The molecule has 9 nitrogen and oxygen atoms in total. The normalized spacial score (nSPS) is 14.5. The first kappa shape index (κ1) is 71.7. The maximum Gasteiger partial charge on any atom is 0.472 e. The number of allylic oxidation sites excluding steroid dienone is 17. The van der Waals surface area contributed by atoms with Crippen molar-refractivity contribution < 1.29 is 37.3 Å². The summed E-state index contributed by atoms with van der Waals surface area (Å²) in [7, 11) is 1.45. The molecule has 0 fully saturated rings. The fraction of sp³-hybridized carbons (Fsp3) is 0.692. The SMILES string of the molecule is CC\C=C/C=C/C=C/C=C\C=C\C=C\CCCCCC(=O)NC(COP(=O)(O)OCC[N+](C)(C)C)C(/C=C/CCCCCCCCCCC)OC(=O)CCCCCCCCCCCCC/C=C\C/C=C\CCCCC. The molecule has 2 N–H and O–H groups in total. The van der Waals surface area contributed by atoms with Gasteiger partial charge in [-0.2, -0.15) is 0 Å². The van der Waals surface area contributed by atoms with Crippen molar-refractivity contribution in [2.75, 3.05) is 40.9 Å². The first-order valence-electron chi connectivity index (χ1n) is 30.3. The van der Waals surface area contributed by atoms with Crippen LogP contribution in [0.4, 0.5) is 0 Å². The van der Waals surface area contributed by atoms with Gasteiger partial charge in [0.25, 0.3) is 0 Å². The second-order valence-electron chi connectivity index (χ2n) is 21.3. The van der Waals surface area contributed by atoms with Crippen molar-refractivity contribution in [1.29, 1.82) is 0 Å². The number of phosphoric acid groups is 1. The number of amides is 1. The maximum atomic E-state index is 13.5. The number of nitrogens with zero attached hydrogens (tertiary/aromatic N) is 1. The number of quaternary nitrogens is 1. The topological polar surface area (TPSA) is 111 Å². The monoisotopic (exact) mass is 1070 g/mol. The van der Waals surface area contributed by atoms with Crippen LogP contribution in [0.5, 0.6) is 0 Å². The summed E-state index contributed by atoms with van der Waals surface area (Å²) < 4.78 is 30.6. The maximum absolute atomic E-state index is 13.5. The van der Waals surface area contributed by atoms with Crippen LogP contribution in [-0.4, -0.2) is 74.3 Å². The van der Waals surface area contributed by atoms with Gasteiger partial charge < -0.3 is 19.4 Å². The highest BCUT2D eigenvalue weighted by Gasteiger charge is 2.30. The molecule has 0 bridgehead atoms. The van der Waals surface area contributed by atoms with E-state index in [1.165, 1.54) is 128 Å². The number of nitrogens with one attached hydrogen (secondary N) is 1. The second-order valence-corrected chi connectivity index (χ2v) is 22.7. The van der Waals surface area contributed by atoms with E-state index in [1.807, 2.05) is 94.1 Å². The van der Waals surface area contributed by atoms with Gasteiger partial charge in [-0.15, -0.1) is 0 Å². The molecule has 0 aromatic carbocycles. The van der Waals surface area contributed by atoms with Crippen molar-refractivity contribution in [3.63, 3.8) is 0 Å². The van der Waals surface area contributed by atoms with Crippen LogP contribution in [0.25, 0.3) is 0 Å². The molecule has 0 aromatic rings. The van der Waals surface area contributed by atoms with Gasteiger partial charge in [0.15, 0.2) is 0 Å². The fourth-order valence-corrected chi connectivity index (χ4v) is 8.91. The third-order valence-corrected chi connectivity index (χ3v) is 13.8. The summed E-state index contributed by atoms with van der Waals surface area (Å²) in [6.07, 6.45) is 73.7. The third-order valence-electron chi connectivity index (χ3n) is 12.9. The summed E-state index contributed by atoms with van der Waals surface area (Å²) in [5.74, 6) is -0.564. The minimum Gasteiger partial charge on any atom is -0.456 e. The lowest BCUT2D eigenvalue weighted by molar-refractivity contribution is -0.870. The van der Waals surface area contributed by atoms with E-state index in [1.54, 1.807) is 0 Å². The molecule has 1 amide bonds. The standard InChI is InChI=1S/C65H113N2O7P/c1-7-10-13-16-19-22-25-27-29-31-32-33-34-36-38-40-43-46-49-52-55-58-65(69)74-63(56-53-50-47-44-41-24-21-18-15-12-9-3)62(61-73-75(70,71)72-60-59-67(4,5)6)66-64(68)57-54-51-48-45-42-39-37-35-30-28-26-23-20-17-14-11-8-2/h11,14,17,19-20,22-23,26-30,35,37,39,42,53,56,62-63H,7-10,12-13,15-16,18,21,24-25,31-34,36,38,40-41,43-52,54-55,57-61H2,1-6H3,(H-,66,68,70,71)/p+1/b14-11-,20-17+,22-19-,26-23+,29-27-,30-28-,37-35+,42-39+,56-53+. The molecule has 0 aliphatic carbocycles. The van der Waals surface area contributed by atoms with Gasteiger partial charge in [0, 0.05) is 12.8 Å². The summed E-state index contributed by atoms with van der Waals surface area (Å²) in [4.78, 5) is 37.6. The summed E-state index contributed by atoms with van der Waals surface area (Å²) in [6, 6.07) is -0.879. The van der Waals surface area contributed by atoms with E-state index in [-0.39, 0.29) is 37.9 Å². The molecule has 3 atom stereocenters. The molecule has 0 heterocycles. The summed E-state index contributed by atoms with van der Waals surface area (Å²) in [5, 5.41) is 3.02. The van der Waals surface area contributed by atoms with Crippen molar-refractivity contribution in [2.45, 2.75) is 251 Å². The van der Waals surface area contributed by atoms with Gasteiger partial charge in [0.1, 0.15) is 19.3 Å². The second kappa shape index (κ2) is 54.0. The molecule has 0 aliphatic heterocycles. The average molecular weight is 1070 g/mol. The fourth-order valence-electron chi connectivity index (χ4n) is 8.18. The Morgan fingerprint density at radius 1 is 0.493 bits per heavy atom. The Hall–Kier alpha value is -3.33. The van der Waals surface area contributed by atoms with E-state index in [4.69, 9.17) is 13.8 Å². The van der Waals surface area contributed by atoms with E-state index in [0.29, 0.717) is 17.4 Å². The van der Waals surface area contributed by atoms with E-state index in [9.17, 15) is 19.0 Å². The number of carbonyl (C=O) groups excluding carboxylic acids is 2. The number of hydrogen-bond acceptors (Lipinski definition) is 6. The zero-order valence-electron chi connectivity index (χ0n) is 49.0. The Bertz CT molecular complexity index is 1650. The Labute approximate surface area is 461 Å². The van der Waals surface area contributed by atoms with Crippen molar-refractivity contribution >= 4 is 19.7 Å². The molecule has 0 saturated heterocycles. The molecule has 0 rings (SSSR count). The molecule has 10 heteroatoms. The zero-order chi connectivity index (χ0) is 55.0. The minimum absolute atomic E-state index is 0.0252. The van der Waals surface area contributed by atoms with Crippen LogP contribution in [-0.2, 0) is 27.9 Å². The number of likely N-dealkylation sites (N-methyl/N-ethyl adjacent to an activating group) is 1. The Morgan fingerprint density at radius 2 is 0.907 bits per heavy atom. The smallest absolute Gasteiger partial charge is 0.456 e. The number of ether oxygens (including phenoxy) is 1. The lowest BCUT2D eigenvalue weighted by atomic mass is 10.0. The van der Waals surface area contributed by atoms with Gasteiger partial charge >= 0.3 is 13.8 Å². The largest absolute Gasteiger partial charge is 0.472 e. The molecular formula is C65H114N2O7P+. The average Bonchev–Trinajstić information content (AvgIpc) is 3.37. The van der Waals surface area contributed by atoms with Crippen LogP contribution < -0.4 is 5.32 Å². The van der Waals surface area contributed by atoms with Crippen LogP contribution >= 0.6 is 7.82 Å². The molecule has 0 saturated carbocycles. The molecule has 430 valence electrons. The minimum atomic E-state index is -4.47. The van der Waals surface area contributed by atoms with Crippen LogP contribution in [0.1, 0.15) is 239 Å². The highest BCUT2D eigenvalue weighted by atomic mass is 31.2. The Balaban J connectivity index is 5.31. The quantitative estimate of drug-likeness (QED) is 0.0156. The number of unbranched alkanes of at least 4 members (excludes halogenated alkanes) is 26. The number of hydrogen-bond donors (Lipinski definition) is 2. The van der Waals surface area contributed by atoms with Crippen molar-refractivity contribution in [3.05, 3.63) is 109 Å². The van der Waals surface area contributed by atoms with E-state index in [2.05, 4.69) is 62.5 Å². The molecule has 0 aliphatic rings. The van der Waals surface area contributed by atoms with E-state index in [0.717, 1.165) is 70.6 Å². The summed E-state index contributed by atoms with van der Waals surface area (Å²) in [6.45, 7) is 6.79. The first-order valence-corrected chi connectivity index (χ1v) is 31.8. The Morgan fingerprint density at radius 3 is 1.43 bits per heavy atom. The number of phosphoric ester groups is 1. The third kappa shape index (κ3) is 55.2. The van der Waals surface area contributed by atoms with Gasteiger partial charge in [-0.3, -0.25) is 18.6 Å². The van der Waals surface area contributed by atoms with Crippen LogP contribution in [0.2, 0.25) is 0 Å². The lowest BCUT2D eigenvalue weighted by Gasteiger charge is -2.27. The summed E-state index contributed by atoms with van der Waals surface area (Å²) >= 11 is 0.